The number of alkyl halides is 3. The Labute approximate surface area is 180 Å². The molecule has 8 nitrogen and oxygen atoms in total. The Morgan fingerprint density at radius 1 is 1.32 bits per heavy atom. The van der Waals surface area contributed by atoms with E-state index in [9.17, 15) is 18.7 Å². The van der Waals surface area contributed by atoms with E-state index >= 15 is 0 Å². The molecule has 1 fully saturated rings. The van der Waals surface area contributed by atoms with Crippen molar-refractivity contribution in [3.63, 3.8) is 0 Å². The Bertz CT molecular complexity index is 1090. The zero-order valence-electron chi connectivity index (χ0n) is 16.1. The van der Waals surface area contributed by atoms with Gasteiger partial charge in [0.25, 0.3) is 5.91 Å². The number of hydrogen-bond acceptors (Lipinski definition) is 6. The van der Waals surface area contributed by atoms with Gasteiger partial charge in [-0.2, -0.15) is 5.10 Å². The molecule has 1 aromatic carbocycles. The third-order valence-corrected chi connectivity index (χ3v) is 4.96. The standard InChI is InChI=1S/C20H18ClF2N5O3/c21-20(22,23)31-13-3-1-11(2-4-13)17-15(18(24)30)9-14(16-5-7-25-27-16)19(26-17)28-8-6-12(29)10-28/h1-5,7,9,12,29H,6,8,10H2,(H2,24,30)(H,25,27)/t12-/m1/s1. The quantitative estimate of drug-likeness (QED) is 0.498. The van der Waals surface area contributed by atoms with Crippen molar-refractivity contribution in [1.29, 1.82) is 0 Å². The number of nitrogens with one attached hydrogen (secondary N) is 1. The van der Waals surface area contributed by atoms with Crippen molar-refractivity contribution in [2.24, 2.45) is 5.73 Å². The number of primary amides is 1. The number of amides is 1. The number of ether oxygens (including phenoxy) is 1. The van der Waals surface area contributed by atoms with Crippen LogP contribution in [0, 0.1) is 0 Å². The molecule has 1 saturated heterocycles. The van der Waals surface area contributed by atoms with E-state index in [0.29, 0.717) is 42.1 Å². The maximum atomic E-state index is 12.9. The van der Waals surface area contributed by atoms with Crippen molar-refractivity contribution in [3.8, 4) is 28.3 Å². The summed E-state index contributed by atoms with van der Waals surface area (Å²) in [4.78, 5) is 18.8. The molecule has 0 aliphatic carbocycles. The van der Waals surface area contributed by atoms with Crippen molar-refractivity contribution < 1.29 is 23.4 Å². The van der Waals surface area contributed by atoms with Gasteiger partial charge in [-0.15, -0.1) is 8.78 Å². The molecule has 1 atom stereocenters. The van der Waals surface area contributed by atoms with Crippen molar-refractivity contribution in [2.75, 3.05) is 18.0 Å². The van der Waals surface area contributed by atoms with Gasteiger partial charge in [0, 0.05) is 42.0 Å². The van der Waals surface area contributed by atoms with E-state index in [1.54, 1.807) is 18.3 Å². The second kappa shape index (κ2) is 8.12. The molecule has 0 unspecified atom stereocenters. The molecule has 31 heavy (non-hydrogen) atoms. The van der Waals surface area contributed by atoms with Crippen molar-refractivity contribution in [1.82, 2.24) is 15.2 Å². The molecule has 3 heterocycles. The number of nitrogens with zero attached hydrogens (tertiary/aromatic N) is 3. The van der Waals surface area contributed by atoms with Gasteiger partial charge in [0.05, 0.1) is 23.1 Å². The van der Waals surface area contributed by atoms with Crippen LogP contribution in [0.2, 0.25) is 0 Å². The lowest BCUT2D eigenvalue weighted by Gasteiger charge is -2.22. The number of hydrogen-bond donors (Lipinski definition) is 3. The number of H-pyrrole nitrogens is 1. The average Bonchev–Trinajstić information content (AvgIpc) is 3.38. The van der Waals surface area contributed by atoms with Crippen LogP contribution in [0.1, 0.15) is 16.8 Å². The molecule has 11 heteroatoms. The Kier molecular flexibility index (Phi) is 5.50. The van der Waals surface area contributed by atoms with E-state index in [1.807, 2.05) is 4.90 Å². The van der Waals surface area contributed by atoms with Gasteiger partial charge in [-0.3, -0.25) is 9.89 Å². The Morgan fingerprint density at radius 3 is 2.61 bits per heavy atom. The number of carbonyl (C=O) groups excluding carboxylic acids is 1. The summed E-state index contributed by atoms with van der Waals surface area (Å²) in [6.45, 7) is 0.948. The van der Waals surface area contributed by atoms with Gasteiger partial charge in [0.15, 0.2) is 0 Å². The van der Waals surface area contributed by atoms with Gasteiger partial charge in [-0.05, 0) is 42.8 Å². The van der Waals surface area contributed by atoms with Crippen LogP contribution in [0.5, 0.6) is 5.75 Å². The van der Waals surface area contributed by atoms with Crippen molar-refractivity contribution >= 4 is 23.3 Å². The maximum absolute atomic E-state index is 12.9. The van der Waals surface area contributed by atoms with Gasteiger partial charge in [0.2, 0.25) is 0 Å². The van der Waals surface area contributed by atoms with Gasteiger partial charge >= 0.3 is 5.57 Å². The molecule has 3 aromatic rings. The third-order valence-electron chi connectivity index (χ3n) is 4.88. The fraction of sp³-hybridized carbons (Fsp3) is 0.250. The largest absolute Gasteiger partial charge is 0.487 e. The van der Waals surface area contributed by atoms with Crippen molar-refractivity contribution in [2.45, 2.75) is 18.1 Å². The molecule has 0 bridgehead atoms. The lowest BCUT2D eigenvalue weighted by Crippen LogP contribution is -2.24. The van der Waals surface area contributed by atoms with Crippen LogP contribution in [0.3, 0.4) is 0 Å². The molecule has 0 radical (unpaired) electrons. The second-order valence-electron chi connectivity index (χ2n) is 7.05. The van der Waals surface area contributed by atoms with Crippen LogP contribution in [-0.2, 0) is 0 Å². The van der Waals surface area contributed by atoms with Gasteiger partial charge in [0.1, 0.15) is 11.6 Å². The Balaban J connectivity index is 1.83. The summed E-state index contributed by atoms with van der Waals surface area (Å²) < 4.78 is 30.1. The highest BCUT2D eigenvalue weighted by molar-refractivity contribution is 6.20. The number of rotatable bonds is 6. The first kappa shape index (κ1) is 21.0. The summed E-state index contributed by atoms with van der Waals surface area (Å²) in [6, 6.07) is 8.88. The monoisotopic (exact) mass is 449 g/mol. The zero-order valence-corrected chi connectivity index (χ0v) is 16.8. The Hall–Kier alpha value is -3.24. The number of aromatic amines is 1. The fourth-order valence-corrected chi connectivity index (χ4v) is 3.59. The predicted octanol–water partition coefficient (Wildman–Crippen LogP) is 2.98. The third kappa shape index (κ3) is 4.59. The molecule has 0 spiro atoms. The number of halogens is 3. The van der Waals surface area contributed by atoms with E-state index in [-0.39, 0.29) is 17.0 Å². The molecular weight excluding hydrogens is 432 g/mol. The van der Waals surface area contributed by atoms with Gasteiger partial charge in [-0.25, -0.2) is 4.98 Å². The SMILES string of the molecule is NC(=O)c1cc(-c2ccn[nH]2)c(N2CC[C@@H](O)C2)nc1-c1ccc(OC(F)(F)Cl)cc1. The summed E-state index contributed by atoms with van der Waals surface area (Å²) in [5, 5.41) is 16.8. The van der Waals surface area contributed by atoms with Gasteiger partial charge < -0.3 is 20.5 Å². The number of nitrogens with two attached hydrogens (primary N) is 1. The lowest BCUT2D eigenvalue weighted by molar-refractivity contribution is -0.0964. The van der Waals surface area contributed by atoms with Crippen LogP contribution >= 0.6 is 11.6 Å². The highest BCUT2D eigenvalue weighted by Gasteiger charge is 2.29. The molecule has 4 N–H and O–H groups in total. The highest BCUT2D eigenvalue weighted by atomic mass is 35.5. The number of aromatic nitrogens is 3. The van der Waals surface area contributed by atoms with E-state index in [0.717, 1.165) is 0 Å². The number of carbonyl (C=O) groups is 1. The molecule has 162 valence electrons. The van der Waals surface area contributed by atoms with E-state index in [2.05, 4.69) is 14.9 Å². The predicted molar refractivity (Wildman–Crippen MR) is 110 cm³/mol. The molecule has 1 aliphatic heterocycles. The number of aliphatic hydroxyl groups is 1. The number of pyridine rings is 1. The summed E-state index contributed by atoms with van der Waals surface area (Å²) in [7, 11) is 0. The molecular formula is C20H18ClF2N5O3. The fourth-order valence-electron chi connectivity index (χ4n) is 3.51. The molecule has 1 aliphatic rings. The number of anilines is 1. The van der Waals surface area contributed by atoms with Gasteiger partial charge in [-0.1, -0.05) is 0 Å². The first-order chi connectivity index (χ1) is 14.7. The maximum Gasteiger partial charge on any atom is 0.487 e. The topological polar surface area (TPSA) is 117 Å². The average molecular weight is 450 g/mol. The molecule has 4 rings (SSSR count). The summed E-state index contributed by atoms with van der Waals surface area (Å²) in [5.41, 5.74) is 3.89. The van der Waals surface area contributed by atoms with Crippen LogP contribution in [0.15, 0.2) is 42.6 Å². The zero-order chi connectivity index (χ0) is 22.2. The number of benzene rings is 1. The minimum Gasteiger partial charge on any atom is -0.420 e. The minimum atomic E-state index is -3.84. The summed E-state index contributed by atoms with van der Waals surface area (Å²) >= 11 is 4.80. The van der Waals surface area contributed by atoms with Crippen LogP contribution in [0.4, 0.5) is 14.6 Å². The lowest BCUT2D eigenvalue weighted by atomic mass is 10.0. The number of β-amino-alcohol motifs (C(OH)–C–C–N with tert-alkyl or cyclic N) is 1. The van der Waals surface area contributed by atoms with Crippen LogP contribution in [0.25, 0.3) is 22.5 Å². The van der Waals surface area contributed by atoms with Crippen molar-refractivity contribution in [3.05, 3.63) is 48.2 Å². The van der Waals surface area contributed by atoms with E-state index in [1.165, 1.54) is 24.3 Å². The first-order valence-corrected chi connectivity index (χ1v) is 9.73. The molecule has 1 amide bonds. The summed E-state index contributed by atoms with van der Waals surface area (Å²) in [6.07, 6.45) is 1.65. The minimum absolute atomic E-state index is 0.143. The van der Waals surface area contributed by atoms with E-state index in [4.69, 9.17) is 22.3 Å². The first-order valence-electron chi connectivity index (χ1n) is 9.35. The van der Waals surface area contributed by atoms with Crippen LogP contribution in [-0.4, -0.2) is 51.0 Å². The normalized spacial score (nSPS) is 16.5. The molecule has 2 aromatic heterocycles. The summed E-state index contributed by atoms with van der Waals surface area (Å²) in [5.74, 6) is -0.321. The van der Waals surface area contributed by atoms with E-state index < -0.39 is 17.6 Å². The van der Waals surface area contributed by atoms with Crippen LogP contribution < -0.4 is 15.4 Å². The smallest absolute Gasteiger partial charge is 0.420 e. The highest BCUT2D eigenvalue weighted by Crippen LogP contribution is 2.36. The second-order valence-corrected chi connectivity index (χ2v) is 7.49. The number of aliphatic hydroxyl groups excluding tert-OH is 1. The Morgan fingerprint density at radius 2 is 2.06 bits per heavy atom. The molecule has 0 saturated carbocycles.